The Morgan fingerprint density at radius 2 is 1.76 bits per heavy atom. The van der Waals surface area contributed by atoms with Crippen LogP contribution in [0.4, 0.5) is 0 Å². The van der Waals surface area contributed by atoms with E-state index in [1.807, 2.05) is 29.2 Å². The number of aryl methyl sites for hydroxylation is 2. The maximum absolute atomic E-state index is 12.4. The van der Waals surface area contributed by atoms with Gasteiger partial charge in [0.05, 0.1) is 0 Å². The van der Waals surface area contributed by atoms with E-state index in [4.69, 9.17) is 0 Å². The highest BCUT2D eigenvalue weighted by Crippen LogP contribution is 2.15. The standard InChI is InChI=1S/C19H23N3O3/c1-13-11-16-12-15(3-5-17(16)20-19(13)25)4-6-18(24)22-9-7-21(8-10-22)14(2)23/h3,5,11-12H,4,6-10H2,1-2H3,(H,20,25). The summed E-state index contributed by atoms with van der Waals surface area (Å²) in [7, 11) is 0. The normalized spacial score (nSPS) is 14.8. The van der Waals surface area contributed by atoms with Crippen molar-refractivity contribution >= 4 is 22.7 Å². The first kappa shape index (κ1) is 17.2. The highest BCUT2D eigenvalue weighted by atomic mass is 16.2. The van der Waals surface area contributed by atoms with E-state index in [-0.39, 0.29) is 17.4 Å². The summed E-state index contributed by atoms with van der Waals surface area (Å²) >= 11 is 0. The molecule has 0 radical (unpaired) electrons. The fourth-order valence-electron chi connectivity index (χ4n) is 3.20. The zero-order valence-electron chi connectivity index (χ0n) is 14.7. The van der Waals surface area contributed by atoms with E-state index in [1.54, 1.807) is 18.7 Å². The fourth-order valence-corrected chi connectivity index (χ4v) is 3.20. The second-order valence-corrected chi connectivity index (χ2v) is 6.59. The topological polar surface area (TPSA) is 73.5 Å². The zero-order chi connectivity index (χ0) is 18.0. The molecule has 0 unspecified atom stereocenters. The summed E-state index contributed by atoms with van der Waals surface area (Å²) in [5.41, 5.74) is 2.50. The van der Waals surface area contributed by atoms with E-state index in [0.717, 1.165) is 16.5 Å². The van der Waals surface area contributed by atoms with Crippen LogP contribution in [0.2, 0.25) is 0 Å². The van der Waals surface area contributed by atoms with Crippen LogP contribution in [0.3, 0.4) is 0 Å². The minimum atomic E-state index is -0.0693. The monoisotopic (exact) mass is 341 g/mol. The number of amides is 2. The number of hydrogen-bond donors (Lipinski definition) is 1. The Bertz CT molecular complexity index is 864. The van der Waals surface area contributed by atoms with Crippen LogP contribution >= 0.6 is 0 Å². The Morgan fingerprint density at radius 1 is 1.08 bits per heavy atom. The van der Waals surface area contributed by atoms with Crippen molar-refractivity contribution in [1.82, 2.24) is 14.8 Å². The number of pyridine rings is 1. The summed E-state index contributed by atoms with van der Waals surface area (Å²) in [5, 5.41) is 0.983. The van der Waals surface area contributed by atoms with Gasteiger partial charge in [0.1, 0.15) is 0 Å². The average molecular weight is 341 g/mol. The van der Waals surface area contributed by atoms with E-state index in [9.17, 15) is 14.4 Å². The molecule has 6 nitrogen and oxygen atoms in total. The summed E-state index contributed by atoms with van der Waals surface area (Å²) in [6.07, 6.45) is 1.12. The average Bonchev–Trinajstić information content (AvgIpc) is 2.60. The van der Waals surface area contributed by atoms with E-state index in [0.29, 0.717) is 44.6 Å². The predicted molar refractivity (Wildman–Crippen MR) is 96.5 cm³/mol. The second kappa shape index (κ2) is 7.09. The third-order valence-corrected chi connectivity index (χ3v) is 4.80. The predicted octanol–water partition coefficient (Wildman–Crippen LogP) is 1.46. The van der Waals surface area contributed by atoms with Gasteiger partial charge in [0, 0.05) is 50.6 Å². The lowest BCUT2D eigenvalue weighted by atomic mass is 10.0. The maximum Gasteiger partial charge on any atom is 0.251 e. The first-order chi connectivity index (χ1) is 11.9. The summed E-state index contributed by atoms with van der Waals surface area (Å²) in [4.78, 5) is 41.8. The van der Waals surface area contributed by atoms with Crippen molar-refractivity contribution in [3.63, 3.8) is 0 Å². The van der Waals surface area contributed by atoms with E-state index in [1.165, 1.54) is 0 Å². The van der Waals surface area contributed by atoms with Crippen molar-refractivity contribution in [2.75, 3.05) is 26.2 Å². The smallest absolute Gasteiger partial charge is 0.251 e. The molecule has 1 fully saturated rings. The second-order valence-electron chi connectivity index (χ2n) is 6.59. The van der Waals surface area contributed by atoms with Crippen molar-refractivity contribution < 1.29 is 9.59 Å². The number of nitrogens with zero attached hydrogens (tertiary/aromatic N) is 2. The highest BCUT2D eigenvalue weighted by molar-refractivity contribution is 5.80. The molecule has 0 spiro atoms. The Morgan fingerprint density at radius 3 is 2.44 bits per heavy atom. The molecule has 6 heteroatoms. The van der Waals surface area contributed by atoms with Crippen molar-refractivity contribution in [2.24, 2.45) is 0 Å². The Kier molecular flexibility index (Phi) is 4.88. The molecule has 2 aromatic rings. The summed E-state index contributed by atoms with van der Waals surface area (Å²) in [6.45, 7) is 5.79. The van der Waals surface area contributed by atoms with Gasteiger partial charge in [-0.2, -0.15) is 0 Å². The number of H-pyrrole nitrogens is 1. The zero-order valence-corrected chi connectivity index (χ0v) is 14.7. The van der Waals surface area contributed by atoms with Gasteiger partial charge in [-0.15, -0.1) is 0 Å². The maximum atomic E-state index is 12.4. The van der Waals surface area contributed by atoms with Crippen LogP contribution < -0.4 is 5.56 Å². The van der Waals surface area contributed by atoms with Crippen molar-refractivity contribution in [3.05, 3.63) is 45.7 Å². The Balaban J connectivity index is 1.61. The van der Waals surface area contributed by atoms with E-state index < -0.39 is 0 Å². The molecule has 1 N–H and O–H groups in total. The number of benzene rings is 1. The van der Waals surface area contributed by atoms with Gasteiger partial charge < -0.3 is 14.8 Å². The van der Waals surface area contributed by atoms with Gasteiger partial charge >= 0.3 is 0 Å². The van der Waals surface area contributed by atoms with Crippen LogP contribution in [-0.2, 0) is 16.0 Å². The SMILES string of the molecule is CC(=O)N1CCN(C(=O)CCc2ccc3[nH]c(=O)c(C)cc3c2)CC1. The lowest BCUT2D eigenvalue weighted by Gasteiger charge is -2.34. The molecule has 3 rings (SSSR count). The van der Waals surface area contributed by atoms with Crippen LogP contribution in [0, 0.1) is 6.92 Å². The molecule has 2 heterocycles. The minimum absolute atomic E-state index is 0.0663. The van der Waals surface area contributed by atoms with Gasteiger partial charge in [0.25, 0.3) is 5.56 Å². The number of aromatic nitrogens is 1. The van der Waals surface area contributed by atoms with Crippen LogP contribution in [0.5, 0.6) is 0 Å². The van der Waals surface area contributed by atoms with Crippen LogP contribution in [-0.4, -0.2) is 52.8 Å². The van der Waals surface area contributed by atoms with E-state index >= 15 is 0 Å². The molecule has 0 aliphatic carbocycles. The number of aromatic amines is 1. The van der Waals surface area contributed by atoms with Gasteiger partial charge in [-0.05, 0) is 42.5 Å². The van der Waals surface area contributed by atoms with Crippen molar-refractivity contribution in [2.45, 2.75) is 26.7 Å². The summed E-state index contributed by atoms with van der Waals surface area (Å²) in [5.74, 6) is 0.192. The largest absolute Gasteiger partial charge is 0.339 e. The van der Waals surface area contributed by atoms with E-state index in [2.05, 4.69) is 4.98 Å². The van der Waals surface area contributed by atoms with Gasteiger partial charge in [-0.3, -0.25) is 14.4 Å². The van der Waals surface area contributed by atoms with Gasteiger partial charge in [0.15, 0.2) is 0 Å². The molecular weight excluding hydrogens is 318 g/mol. The number of hydrogen-bond acceptors (Lipinski definition) is 3. The number of fused-ring (bicyclic) bond motifs is 1. The minimum Gasteiger partial charge on any atom is -0.339 e. The first-order valence-electron chi connectivity index (χ1n) is 8.60. The van der Waals surface area contributed by atoms with Gasteiger partial charge in [-0.25, -0.2) is 0 Å². The molecule has 1 saturated heterocycles. The Hall–Kier alpha value is -2.63. The van der Waals surface area contributed by atoms with Gasteiger partial charge in [-0.1, -0.05) is 6.07 Å². The van der Waals surface area contributed by atoms with Crippen LogP contribution in [0.15, 0.2) is 29.1 Å². The number of carbonyl (C=O) groups is 2. The highest BCUT2D eigenvalue weighted by Gasteiger charge is 2.21. The van der Waals surface area contributed by atoms with Crippen LogP contribution in [0.25, 0.3) is 10.9 Å². The number of piperazine rings is 1. The molecule has 1 aliphatic rings. The fraction of sp³-hybridized carbons (Fsp3) is 0.421. The Labute approximate surface area is 146 Å². The van der Waals surface area contributed by atoms with Crippen molar-refractivity contribution in [3.8, 4) is 0 Å². The molecule has 1 aromatic heterocycles. The molecule has 0 atom stereocenters. The molecule has 2 amide bonds. The van der Waals surface area contributed by atoms with Crippen LogP contribution in [0.1, 0.15) is 24.5 Å². The molecule has 1 aromatic carbocycles. The number of rotatable bonds is 3. The lowest BCUT2D eigenvalue weighted by Crippen LogP contribution is -2.50. The third kappa shape index (κ3) is 3.90. The quantitative estimate of drug-likeness (QED) is 0.918. The van der Waals surface area contributed by atoms with Gasteiger partial charge in [0.2, 0.25) is 11.8 Å². The third-order valence-electron chi connectivity index (χ3n) is 4.80. The molecule has 25 heavy (non-hydrogen) atoms. The first-order valence-corrected chi connectivity index (χ1v) is 8.60. The molecule has 0 saturated carbocycles. The number of carbonyl (C=O) groups excluding carboxylic acids is 2. The lowest BCUT2D eigenvalue weighted by molar-refractivity contribution is -0.138. The molecular formula is C19H23N3O3. The molecule has 0 bridgehead atoms. The summed E-state index contributed by atoms with van der Waals surface area (Å²) < 4.78 is 0. The molecule has 132 valence electrons. The van der Waals surface area contributed by atoms with Crippen molar-refractivity contribution in [1.29, 1.82) is 0 Å². The number of nitrogens with one attached hydrogen (secondary N) is 1. The summed E-state index contributed by atoms with van der Waals surface area (Å²) in [6, 6.07) is 7.75. The molecule has 1 aliphatic heterocycles.